The number of hydrogen-bond donors (Lipinski definition) is 1. The molecule has 1 unspecified atom stereocenters. The molecule has 1 atom stereocenters. The monoisotopic (exact) mass is 183 g/mol. The highest BCUT2D eigenvalue weighted by molar-refractivity contribution is 5.93. The highest BCUT2D eigenvalue weighted by atomic mass is 16.1. The van der Waals surface area contributed by atoms with Gasteiger partial charge >= 0.3 is 0 Å². The summed E-state index contributed by atoms with van der Waals surface area (Å²) in [5.74, 6) is 0.349. The normalized spacial score (nSPS) is 26.0. The van der Waals surface area contributed by atoms with Gasteiger partial charge < -0.3 is 10.6 Å². The van der Waals surface area contributed by atoms with Crippen LogP contribution < -0.4 is 5.73 Å². The third-order valence-corrected chi connectivity index (χ3v) is 2.26. The second-order valence-electron chi connectivity index (χ2n) is 3.69. The number of amides is 1. The zero-order valence-electron chi connectivity index (χ0n) is 8.29. The molecule has 1 aliphatic rings. The quantitative estimate of drug-likeness (QED) is 0.467. The molecule has 0 aromatic rings. The third kappa shape index (κ3) is 3.14. The second-order valence-corrected chi connectivity index (χ2v) is 3.69. The summed E-state index contributed by atoms with van der Waals surface area (Å²) < 4.78 is 0. The van der Waals surface area contributed by atoms with Gasteiger partial charge in [0.15, 0.2) is 0 Å². The lowest BCUT2D eigenvalue weighted by Crippen LogP contribution is -2.35. The van der Waals surface area contributed by atoms with Gasteiger partial charge in [0.2, 0.25) is 0 Å². The molecule has 1 amide bonds. The summed E-state index contributed by atoms with van der Waals surface area (Å²) in [5, 5.41) is 0. The maximum absolute atomic E-state index is 11.5. The highest BCUT2D eigenvalue weighted by Crippen LogP contribution is 2.16. The maximum Gasteiger partial charge on any atom is 0.251 e. The van der Waals surface area contributed by atoms with E-state index in [1.807, 2.05) is 7.05 Å². The summed E-state index contributed by atoms with van der Waals surface area (Å²) in [4.78, 5) is 17.4. The Labute approximate surface area is 78.8 Å². The molecule has 1 saturated heterocycles. The van der Waals surface area contributed by atoms with Crippen LogP contribution in [0.2, 0.25) is 0 Å². The fraction of sp³-hybridized carbons (Fsp3) is 0.778. The van der Waals surface area contributed by atoms with Crippen LogP contribution in [-0.2, 0) is 4.79 Å². The van der Waals surface area contributed by atoms with Crippen molar-refractivity contribution in [3.8, 4) is 0 Å². The number of nitrogens with zero attached hydrogens (tertiary/aromatic N) is 2. The molecule has 74 valence electrons. The summed E-state index contributed by atoms with van der Waals surface area (Å²) in [6, 6.07) is 0. The minimum atomic E-state index is -0.0634. The van der Waals surface area contributed by atoms with E-state index in [1.54, 1.807) is 6.92 Å². The first-order valence-corrected chi connectivity index (χ1v) is 4.62. The third-order valence-electron chi connectivity index (χ3n) is 2.26. The highest BCUT2D eigenvalue weighted by Gasteiger charge is 2.23. The van der Waals surface area contributed by atoms with Crippen molar-refractivity contribution in [3.63, 3.8) is 0 Å². The van der Waals surface area contributed by atoms with Crippen molar-refractivity contribution < 1.29 is 4.79 Å². The average molecular weight is 183 g/mol. The topological polar surface area (TPSA) is 58.7 Å². The Morgan fingerprint density at radius 2 is 2.31 bits per heavy atom. The van der Waals surface area contributed by atoms with E-state index in [9.17, 15) is 4.79 Å². The summed E-state index contributed by atoms with van der Waals surface area (Å²) in [6.45, 7) is 3.54. The van der Waals surface area contributed by atoms with E-state index in [-0.39, 0.29) is 11.8 Å². The predicted octanol–water partition coefficient (Wildman–Crippen LogP) is 0.232. The van der Waals surface area contributed by atoms with Crippen LogP contribution in [-0.4, -0.2) is 36.8 Å². The Hall–Kier alpha value is -0.900. The van der Waals surface area contributed by atoms with Crippen molar-refractivity contribution in [1.82, 2.24) is 4.90 Å². The van der Waals surface area contributed by atoms with Gasteiger partial charge in [-0.3, -0.25) is 4.79 Å². The van der Waals surface area contributed by atoms with Crippen LogP contribution in [0.5, 0.6) is 0 Å². The summed E-state index contributed by atoms with van der Waals surface area (Å²) >= 11 is 0. The molecule has 0 bridgehead atoms. The molecule has 1 fully saturated rings. The van der Waals surface area contributed by atoms with E-state index in [2.05, 4.69) is 9.89 Å². The molecule has 0 saturated carbocycles. The fourth-order valence-corrected chi connectivity index (χ4v) is 1.63. The molecular formula is C9H17N3O. The smallest absolute Gasteiger partial charge is 0.251 e. The first-order chi connectivity index (χ1) is 6.09. The molecule has 4 heteroatoms. The van der Waals surface area contributed by atoms with Gasteiger partial charge in [-0.25, -0.2) is 4.99 Å². The van der Waals surface area contributed by atoms with E-state index < -0.39 is 0 Å². The van der Waals surface area contributed by atoms with Crippen LogP contribution >= 0.6 is 0 Å². The average Bonchev–Trinajstić information content (AvgIpc) is 2.03. The first kappa shape index (κ1) is 10.2. The zero-order valence-corrected chi connectivity index (χ0v) is 8.29. The maximum atomic E-state index is 11.5. The molecule has 2 N–H and O–H groups in total. The lowest BCUT2D eigenvalue weighted by molar-refractivity contribution is -0.123. The number of rotatable bonds is 1. The predicted molar refractivity (Wildman–Crippen MR) is 52.5 cm³/mol. The van der Waals surface area contributed by atoms with Gasteiger partial charge in [-0.2, -0.15) is 0 Å². The number of nitrogens with two attached hydrogens (primary N) is 1. The van der Waals surface area contributed by atoms with E-state index in [0.29, 0.717) is 5.84 Å². The number of hydrogen-bond acceptors (Lipinski definition) is 2. The number of likely N-dealkylation sites (tertiary alicyclic amines) is 1. The lowest BCUT2D eigenvalue weighted by atomic mass is 9.98. The van der Waals surface area contributed by atoms with Crippen LogP contribution in [0, 0.1) is 5.92 Å². The molecule has 1 rings (SSSR count). The van der Waals surface area contributed by atoms with E-state index >= 15 is 0 Å². The van der Waals surface area contributed by atoms with Crippen molar-refractivity contribution in [2.75, 3.05) is 20.1 Å². The molecule has 4 nitrogen and oxygen atoms in total. The van der Waals surface area contributed by atoms with Gasteiger partial charge in [0, 0.05) is 6.54 Å². The minimum absolute atomic E-state index is 0.0530. The van der Waals surface area contributed by atoms with E-state index in [1.165, 1.54) is 0 Å². The van der Waals surface area contributed by atoms with Gasteiger partial charge in [-0.15, -0.1) is 0 Å². The molecule has 0 aliphatic carbocycles. The molecule has 13 heavy (non-hydrogen) atoms. The molecule has 1 heterocycles. The second kappa shape index (κ2) is 4.37. The number of carbonyl (C=O) groups is 1. The Balaban J connectivity index is 2.51. The van der Waals surface area contributed by atoms with Crippen molar-refractivity contribution in [3.05, 3.63) is 0 Å². The van der Waals surface area contributed by atoms with Crippen molar-refractivity contribution in [1.29, 1.82) is 0 Å². The molecule has 0 radical (unpaired) electrons. The van der Waals surface area contributed by atoms with Crippen LogP contribution in [0.25, 0.3) is 0 Å². The number of piperidine rings is 1. The van der Waals surface area contributed by atoms with Crippen LogP contribution in [0.4, 0.5) is 0 Å². The van der Waals surface area contributed by atoms with Crippen molar-refractivity contribution in [2.24, 2.45) is 16.6 Å². The van der Waals surface area contributed by atoms with Crippen LogP contribution in [0.3, 0.4) is 0 Å². The van der Waals surface area contributed by atoms with Gasteiger partial charge in [0.25, 0.3) is 5.91 Å². The Kier molecular flexibility index (Phi) is 3.42. The summed E-state index contributed by atoms with van der Waals surface area (Å²) in [5.41, 5.74) is 5.35. The largest absolute Gasteiger partial charge is 0.387 e. The Morgan fingerprint density at radius 3 is 2.85 bits per heavy atom. The molecule has 1 aliphatic heterocycles. The molecular weight excluding hydrogens is 166 g/mol. The lowest BCUT2D eigenvalue weighted by Gasteiger charge is -2.27. The molecule has 0 aromatic heterocycles. The van der Waals surface area contributed by atoms with E-state index in [0.717, 1.165) is 25.9 Å². The van der Waals surface area contributed by atoms with Crippen LogP contribution in [0.1, 0.15) is 19.8 Å². The van der Waals surface area contributed by atoms with Crippen molar-refractivity contribution >= 4 is 11.7 Å². The number of carbonyl (C=O) groups excluding carboxylic acids is 1. The Bertz CT molecular complexity index is 221. The Morgan fingerprint density at radius 1 is 1.62 bits per heavy atom. The van der Waals surface area contributed by atoms with Gasteiger partial charge in [0.1, 0.15) is 0 Å². The standard InChI is InChI=1S/C9H17N3O/c1-7(10)11-9(13)8-4-3-5-12(2)6-8/h8H,3-6H2,1-2H3,(H2,10,11,13). The first-order valence-electron chi connectivity index (χ1n) is 4.62. The molecule has 0 spiro atoms. The zero-order chi connectivity index (χ0) is 9.84. The number of amidine groups is 1. The number of aliphatic imine (C=N–C) groups is 1. The summed E-state index contributed by atoms with van der Waals surface area (Å²) in [6.07, 6.45) is 2.02. The summed E-state index contributed by atoms with van der Waals surface area (Å²) in [7, 11) is 2.03. The van der Waals surface area contributed by atoms with Gasteiger partial charge in [-0.05, 0) is 33.4 Å². The van der Waals surface area contributed by atoms with Gasteiger partial charge in [-0.1, -0.05) is 0 Å². The van der Waals surface area contributed by atoms with Crippen molar-refractivity contribution in [2.45, 2.75) is 19.8 Å². The molecule has 0 aromatic carbocycles. The SMILES string of the molecule is CC(N)=NC(=O)C1CCCN(C)C1. The van der Waals surface area contributed by atoms with Gasteiger partial charge in [0.05, 0.1) is 11.8 Å². The van der Waals surface area contributed by atoms with E-state index in [4.69, 9.17) is 5.73 Å². The minimum Gasteiger partial charge on any atom is -0.387 e. The van der Waals surface area contributed by atoms with Crippen LogP contribution in [0.15, 0.2) is 4.99 Å². The fourth-order valence-electron chi connectivity index (χ4n) is 1.63.